The fourth-order valence-corrected chi connectivity index (χ4v) is 1.75. The fourth-order valence-electron chi connectivity index (χ4n) is 1.75. The third-order valence-corrected chi connectivity index (χ3v) is 2.91. The third-order valence-electron chi connectivity index (χ3n) is 2.91. The van der Waals surface area contributed by atoms with Gasteiger partial charge in [0.2, 0.25) is 11.7 Å². The molecule has 19 heavy (non-hydrogen) atoms. The van der Waals surface area contributed by atoms with Crippen LogP contribution in [0.15, 0.2) is 18.2 Å². The maximum atomic E-state index is 13.4. The Labute approximate surface area is 107 Å². The first-order chi connectivity index (χ1) is 8.92. The molecule has 1 aliphatic rings. The number of hydrogen-bond acceptors (Lipinski definition) is 5. The molecular weight excluding hydrogens is 257 g/mol. The summed E-state index contributed by atoms with van der Waals surface area (Å²) in [6.45, 7) is 0.479. The summed E-state index contributed by atoms with van der Waals surface area (Å²) in [6.07, 6.45) is 0.369. The molecule has 1 heterocycles. The molecular formula is C11H12FN3O4. The molecule has 0 aromatic heterocycles. The Bertz CT molecular complexity index is 529. The van der Waals surface area contributed by atoms with Gasteiger partial charge in [-0.2, -0.15) is 4.39 Å². The van der Waals surface area contributed by atoms with Gasteiger partial charge in [-0.15, -0.1) is 0 Å². The van der Waals surface area contributed by atoms with Crippen molar-refractivity contribution >= 4 is 17.3 Å². The molecule has 1 fully saturated rings. The number of amides is 1. The number of nitro benzene ring substituents is 1. The molecule has 1 aromatic rings. The molecule has 1 aromatic carbocycles. The highest BCUT2D eigenvalue weighted by Crippen LogP contribution is 2.23. The molecule has 1 aliphatic heterocycles. The van der Waals surface area contributed by atoms with Gasteiger partial charge in [0, 0.05) is 24.4 Å². The smallest absolute Gasteiger partial charge is 0.304 e. The molecule has 0 saturated carbocycles. The van der Waals surface area contributed by atoms with Gasteiger partial charge in [-0.05, 0) is 12.5 Å². The minimum absolute atomic E-state index is 0.0916. The number of nitrogens with zero attached hydrogens (tertiary/aromatic N) is 1. The van der Waals surface area contributed by atoms with Crippen LogP contribution < -0.4 is 11.1 Å². The maximum Gasteiger partial charge on any atom is 0.304 e. The number of nitro groups is 1. The van der Waals surface area contributed by atoms with Gasteiger partial charge in [-0.1, -0.05) is 0 Å². The third kappa shape index (κ3) is 2.69. The fraction of sp³-hybridized carbons (Fsp3) is 0.364. The molecule has 8 heteroatoms. The van der Waals surface area contributed by atoms with Crippen molar-refractivity contribution in [1.29, 1.82) is 0 Å². The van der Waals surface area contributed by atoms with E-state index in [0.29, 0.717) is 13.0 Å². The molecule has 1 unspecified atom stereocenters. The second kappa shape index (κ2) is 4.90. The molecule has 0 radical (unpaired) electrons. The van der Waals surface area contributed by atoms with Crippen LogP contribution in [0.5, 0.6) is 0 Å². The summed E-state index contributed by atoms with van der Waals surface area (Å²) in [6, 6.07) is 3.12. The van der Waals surface area contributed by atoms with E-state index in [-0.39, 0.29) is 12.3 Å². The largest absolute Gasteiger partial charge is 0.379 e. The van der Waals surface area contributed by atoms with Crippen LogP contribution in [-0.2, 0) is 9.53 Å². The maximum absolute atomic E-state index is 13.4. The van der Waals surface area contributed by atoms with E-state index < -0.39 is 27.9 Å². The molecule has 2 rings (SSSR count). The highest BCUT2D eigenvalue weighted by molar-refractivity contribution is 5.98. The summed E-state index contributed by atoms with van der Waals surface area (Å²) in [5, 5.41) is 12.9. The first kappa shape index (κ1) is 13.4. The Balaban J connectivity index is 2.13. The average molecular weight is 269 g/mol. The van der Waals surface area contributed by atoms with Gasteiger partial charge < -0.3 is 15.8 Å². The summed E-state index contributed by atoms with van der Waals surface area (Å²) in [4.78, 5) is 21.5. The van der Waals surface area contributed by atoms with Crippen molar-refractivity contribution in [3.05, 3.63) is 34.1 Å². The minimum Gasteiger partial charge on any atom is -0.379 e. The van der Waals surface area contributed by atoms with Crippen LogP contribution in [0.25, 0.3) is 0 Å². The molecule has 1 saturated heterocycles. The quantitative estimate of drug-likeness (QED) is 0.623. The van der Waals surface area contributed by atoms with E-state index in [2.05, 4.69) is 5.32 Å². The van der Waals surface area contributed by atoms with Crippen molar-refractivity contribution in [3.63, 3.8) is 0 Å². The molecule has 0 bridgehead atoms. The van der Waals surface area contributed by atoms with Crippen LogP contribution in [0.1, 0.15) is 6.42 Å². The van der Waals surface area contributed by atoms with E-state index in [1.54, 1.807) is 0 Å². The van der Waals surface area contributed by atoms with E-state index in [1.807, 2.05) is 0 Å². The van der Waals surface area contributed by atoms with Crippen molar-refractivity contribution in [3.8, 4) is 0 Å². The van der Waals surface area contributed by atoms with Crippen LogP contribution in [0.3, 0.4) is 0 Å². The number of nitrogens with two attached hydrogens (primary N) is 1. The molecule has 0 spiro atoms. The van der Waals surface area contributed by atoms with Gasteiger partial charge in [-0.3, -0.25) is 14.9 Å². The van der Waals surface area contributed by atoms with E-state index in [0.717, 1.165) is 12.1 Å². The van der Waals surface area contributed by atoms with Gasteiger partial charge in [0.05, 0.1) is 11.5 Å². The number of nitrogens with one attached hydrogen (secondary N) is 1. The number of ether oxygens (including phenoxy) is 1. The number of carbonyl (C=O) groups excluding carboxylic acids is 1. The van der Waals surface area contributed by atoms with Crippen LogP contribution in [-0.4, -0.2) is 29.6 Å². The molecule has 0 aliphatic carbocycles. The monoisotopic (exact) mass is 269 g/mol. The van der Waals surface area contributed by atoms with Crippen LogP contribution in [0.2, 0.25) is 0 Å². The molecule has 7 nitrogen and oxygen atoms in total. The molecule has 3 N–H and O–H groups in total. The van der Waals surface area contributed by atoms with Gasteiger partial charge in [0.15, 0.2) is 0 Å². The number of rotatable bonds is 3. The lowest BCUT2D eigenvalue weighted by atomic mass is 9.99. The lowest BCUT2D eigenvalue weighted by molar-refractivity contribution is -0.387. The van der Waals surface area contributed by atoms with E-state index >= 15 is 0 Å². The van der Waals surface area contributed by atoms with Crippen molar-refractivity contribution in [1.82, 2.24) is 0 Å². The SMILES string of the molecule is NC1(C(=O)Nc2ccc([N+](=O)[O-])c(F)c2)CCOC1. The predicted octanol–water partition coefficient (Wildman–Crippen LogP) is 0.790. The van der Waals surface area contributed by atoms with Crippen LogP contribution in [0, 0.1) is 15.9 Å². The second-order valence-corrected chi connectivity index (χ2v) is 4.34. The summed E-state index contributed by atoms with van der Waals surface area (Å²) < 4.78 is 18.4. The van der Waals surface area contributed by atoms with Crippen molar-refractivity contribution in [2.45, 2.75) is 12.0 Å². The van der Waals surface area contributed by atoms with Crippen molar-refractivity contribution < 1.29 is 18.8 Å². The minimum atomic E-state index is -1.14. The Kier molecular flexibility index (Phi) is 3.45. The van der Waals surface area contributed by atoms with Gasteiger partial charge in [0.1, 0.15) is 5.54 Å². The topological polar surface area (TPSA) is 107 Å². The summed E-state index contributed by atoms with van der Waals surface area (Å²) in [5.41, 5.74) is 4.15. The highest BCUT2D eigenvalue weighted by Gasteiger charge is 2.38. The van der Waals surface area contributed by atoms with Crippen molar-refractivity contribution in [2.24, 2.45) is 5.73 Å². The Morgan fingerprint density at radius 3 is 2.84 bits per heavy atom. The van der Waals surface area contributed by atoms with Gasteiger partial charge in [-0.25, -0.2) is 0 Å². The average Bonchev–Trinajstić information content (AvgIpc) is 2.77. The molecule has 1 atom stereocenters. The molecule has 1 amide bonds. The van der Waals surface area contributed by atoms with Gasteiger partial charge in [0.25, 0.3) is 0 Å². The number of carbonyl (C=O) groups is 1. The van der Waals surface area contributed by atoms with Gasteiger partial charge >= 0.3 is 5.69 Å². The predicted molar refractivity (Wildman–Crippen MR) is 64.0 cm³/mol. The number of anilines is 1. The number of benzene rings is 1. The van der Waals surface area contributed by atoms with E-state index in [9.17, 15) is 19.3 Å². The lowest BCUT2D eigenvalue weighted by Gasteiger charge is -2.20. The number of hydrogen-bond donors (Lipinski definition) is 2. The standard InChI is InChI=1S/C11H12FN3O4/c12-8-5-7(1-2-9(8)15(17)18)14-10(16)11(13)3-4-19-6-11/h1-2,5H,3-4,6,13H2,(H,14,16). The zero-order chi connectivity index (χ0) is 14.0. The van der Waals surface area contributed by atoms with Crippen molar-refractivity contribution in [2.75, 3.05) is 18.5 Å². The van der Waals surface area contributed by atoms with Crippen LogP contribution in [0.4, 0.5) is 15.8 Å². The highest BCUT2D eigenvalue weighted by atomic mass is 19.1. The zero-order valence-electron chi connectivity index (χ0n) is 9.89. The van der Waals surface area contributed by atoms with E-state index in [4.69, 9.17) is 10.5 Å². The molecule has 102 valence electrons. The Morgan fingerprint density at radius 2 is 2.32 bits per heavy atom. The van der Waals surface area contributed by atoms with Crippen LogP contribution >= 0.6 is 0 Å². The number of halogens is 1. The first-order valence-corrected chi connectivity index (χ1v) is 5.54. The summed E-state index contributed by atoms with van der Waals surface area (Å²) in [5.74, 6) is -1.52. The summed E-state index contributed by atoms with van der Waals surface area (Å²) in [7, 11) is 0. The zero-order valence-corrected chi connectivity index (χ0v) is 9.89. The normalized spacial score (nSPS) is 22.2. The Morgan fingerprint density at radius 1 is 1.58 bits per heavy atom. The summed E-state index contributed by atoms with van der Waals surface area (Å²) >= 11 is 0. The van der Waals surface area contributed by atoms with E-state index in [1.165, 1.54) is 6.07 Å². The second-order valence-electron chi connectivity index (χ2n) is 4.34. The first-order valence-electron chi connectivity index (χ1n) is 5.54. The Hall–Kier alpha value is -2.06. The lowest BCUT2D eigenvalue weighted by Crippen LogP contribution is -2.51.